The van der Waals surface area contributed by atoms with Gasteiger partial charge >= 0.3 is 0 Å². The van der Waals surface area contributed by atoms with Crippen molar-refractivity contribution in [2.24, 2.45) is 5.92 Å². The van der Waals surface area contributed by atoms with Crippen LogP contribution in [0.5, 0.6) is 0 Å². The minimum absolute atomic E-state index is 0.0395. The van der Waals surface area contributed by atoms with E-state index in [-0.39, 0.29) is 5.91 Å². The van der Waals surface area contributed by atoms with Crippen molar-refractivity contribution in [2.75, 3.05) is 19.6 Å². The summed E-state index contributed by atoms with van der Waals surface area (Å²) in [5.41, 5.74) is 5.11. The molecule has 3 heterocycles. The molecule has 1 saturated heterocycles. The van der Waals surface area contributed by atoms with Gasteiger partial charge in [-0.1, -0.05) is 48.0 Å². The second-order valence-electron chi connectivity index (χ2n) is 8.70. The molecule has 0 atom stereocenters. The summed E-state index contributed by atoms with van der Waals surface area (Å²) in [7, 11) is 0. The molecule has 0 unspecified atom stereocenters. The lowest BCUT2D eigenvalue weighted by Crippen LogP contribution is -2.38. The third kappa shape index (κ3) is 4.32. The lowest BCUT2D eigenvalue weighted by molar-refractivity contribution is 0.0931. The van der Waals surface area contributed by atoms with E-state index in [0.29, 0.717) is 11.6 Å². The zero-order valence-corrected chi connectivity index (χ0v) is 17.9. The Morgan fingerprint density at radius 3 is 2.68 bits per heavy atom. The van der Waals surface area contributed by atoms with E-state index < -0.39 is 0 Å². The zero-order valence-electron chi connectivity index (χ0n) is 17.9. The van der Waals surface area contributed by atoms with Crippen molar-refractivity contribution in [1.82, 2.24) is 20.2 Å². The molecule has 1 aliphatic heterocycles. The number of rotatable bonds is 5. The number of H-pyrrole nitrogens is 1. The quantitative estimate of drug-likeness (QED) is 0.501. The number of piperidine rings is 1. The van der Waals surface area contributed by atoms with Crippen LogP contribution < -0.4 is 5.32 Å². The van der Waals surface area contributed by atoms with E-state index in [1.165, 1.54) is 11.1 Å². The van der Waals surface area contributed by atoms with Crippen LogP contribution in [0.3, 0.4) is 0 Å². The fourth-order valence-electron chi connectivity index (χ4n) is 4.49. The molecular weight excluding hydrogens is 384 g/mol. The molecule has 5 nitrogen and oxygen atoms in total. The third-order valence-corrected chi connectivity index (χ3v) is 6.40. The number of aromatic amines is 1. The molecule has 4 aromatic rings. The van der Waals surface area contributed by atoms with Crippen molar-refractivity contribution in [3.63, 3.8) is 0 Å². The highest BCUT2D eigenvalue weighted by Crippen LogP contribution is 2.24. The number of pyridine rings is 1. The lowest BCUT2D eigenvalue weighted by atomic mass is 9.96. The predicted octanol–water partition coefficient (Wildman–Crippen LogP) is 4.67. The molecule has 0 spiro atoms. The summed E-state index contributed by atoms with van der Waals surface area (Å²) >= 11 is 0. The highest BCUT2D eigenvalue weighted by atomic mass is 16.1. The summed E-state index contributed by atoms with van der Waals surface area (Å²) in [6.07, 6.45) is 4.02. The molecule has 0 aliphatic carbocycles. The van der Waals surface area contributed by atoms with Gasteiger partial charge in [0.25, 0.3) is 5.91 Å². The van der Waals surface area contributed by atoms with Crippen LogP contribution in [-0.2, 0) is 6.54 Å². The predicted molar refractivity (Wildman–Crippen MR) is 125 cm³/mol. The molecule has 1 amide bonds. The fraction of sp³-hybridized carbons (Fsp3) is 0.308. The Kier molecular flexibility index (Phi) is 5.43. The van der Waals surface area contributed by atoms with Crippen molar-refractivity contribution >= 4 is 27.7 Å². The normalized spacial score (nSPS) is 15.5. The summed E-state index contributed by atoms with van der Waals surface area (Å²) in [5, 5.41) is 5.22. The second kappa shape index (κ2) is 8.52. The summed E-state index contributed by atoms with van der Waals surface area (Å²) in [4.78, 5) is 23.0. The van der Waals surface area contributed by atoms with Gasteiger partial charge in [-0.25, -0.2) is 0 Å². The van der Waals surface area contributed by atoms with E-state index >= 15 is 0 Å². The van der Waals surface area contributed by atoms with E-state index in [9.17, 15) is 4.79 Å². The maximum Gasteiger partial charge on any atom is 0.267 e. The third-order valence-electron chi connectivity index (χ3n) is 6.40. The number of aromatic nitrogens is 2. The number of hydrogen-bond acceptors (Lipinski definition) is 3. The number of benzene rings is 2. The minimum Gasteiger partial charge on any atom is -0.350 e. The molecule has 5 rings (SSSR count). The summed E-state index contributed by atoms with van der Waals surface area (Å²) in [6.45, 7) is 6.03. The number of amides is 1. The number of aryl methyl sites for hydroxylation is 1. The molecule has 2 aromatic carbocycles. The fourth-order valence-corrected chi connectivity index (χ4v) is 4.49. The standard InChI is InChI=1S/C26H28N4O/c1-18-4-6-20(7-5-18)17-30-13-10-19(11-14-30)16-28-26(31)23-15-22-9-8-21-3-2-12-27-24(21)25(22)29-23/h2-9,12,15,19,29H,10-11,13-14,16-17H2,1H3,(H,28,31). The molecular formula is C26H28N4O. The van der Waals surface area contributed by atoms with Crippen LogP contribution in [0, 0.1) is 12.8 Å². The van der Waals surface area contributed by atoms with Gasteiger partial charge in [-0.15, -0.1) is 0 Å². The van der Waals surface area contributed by atoms with Crippen LogP contribution in [-0.4, -0.2) is 40.4 Å². The van der Waals surface area contributed by atoms with Crippen LogP contribution in [0.1, 0.15) is 34.5 Å². The highest BCUT2D eigenvalue weighted by molar-refractivity contribution is 6.07. The molecule has 158 valence electrons. The van der Waals surface area contributed by atoms with Gasteiger partial charge in [-0.3, -0.25) is 14.7 Å². The smallest absolute Gasteiger partial charge is 0.267 e. The number of hydrogen-bond donors (Lipinski definition) is 2. The SMILES string of the molecule is Cc1ccc(CN2CCC(CNC(=O)c3cc4ccc5cccnc5c4[nH]3)CC2)cc1. The number of carbonyl (C=O) groups excluding carboxylic acids is 1. The Labute approximate surface area is 182 Å². The van der Waals surface area contributed by atoms with Crippen molar-refractivity contribution < 1.29 is 4.79 Å². The van der Waals surface area contributed by atoms with Crippen molar-refractivity contribution in [1.29, 1.82) is 0 Å². The number of nitrogens with zero attached hydrogens (tertiary/aromatic N) is 2. The monoisotopic (exact) mass is 412 g/mol. The average molecular weight is 413 g/mol. The maximum absolute atomic E-state index is 12.8. The van der Waals surface area contributed by atoms with Crippen LogP contribution in [0.15, 0.2) is 60.8 Å². The Morgan fingerprint density at radius 2 is 1.87 bits per heavy atom. The maximum atomic E-state index is 12.8. The van der Waals surface area contributed by atoms with Crippen molar-refractivity contribution in [3.05, 3.63) is 77.6 Å². The summed E-state index contributed by atoms with van der Waals surface area (Å²) in [5.74, 6) is 0.493. The van der Waals surface area contributed by atoms with E-state index in [4.69, 9.17) is 0 Å². The first-order valence-corrected chi connectivity index (χ1v) is 11.1. The first-order chi connectivity index (χ1) is 15.2. The van der Waals surface area contributed by atoms with E-state index in [1.807, 2.05) is 30.3 Å². The first kappa shape index (κ1) is 19.8. The molecule has 1 fully saturated rings. The summed E-state index contributed by atoms with van der Waals surface area (Å²) in [6, 6.07) is 18.8. The second-order valence-corrected chi connectivity index (χ2v) is 8.70. The van der Waals surface area contributed by atoms with E-state index in [0.717, 1.165) is 60.8 Å². The molecule has 0 saturated carbocycles. The Balaban J connectivity index is 1.16. The van der Waals surface area contributed by atoms with Gasteiger partial charge in [0, 0.05) is 30.1 Å². The van der Waals surface area contributed by atoms with E-state index in [2.05, 4.69) is 51.4 Å². The van der Waals surface area contributed by atoms with Crippen LogP contribution >= 0.6 is 0 Å². The van der Waals surface area contributed by atoms with Gasteiger partial charge in [0.1, 0.15) is 5.69 Å². The van der Waals surface area contributed by atoms with Crippen LogP contribution in [0.4, 0.5) is 0 Å². The topological polar surface area (TPSA) is 61.0 Å². The lowest BCUT2D eigenvalue weighted by Gasteiger charge is -2.32. The van der Waals surface area contributed by atoms with Gasteiger partial charge in [0.15, 0.2) is 0 Å². The van der Waals surface area contributed by atoms with Crippen LogP contribution in [0.25, 0.3) is 21.8 Å². The molecule has 31 heavy (non-hydrogen) atoms. The number of fused-ring (bicyclic) bond motifs is 3. The minimum atomic E-state index is -0.0395. The number of likely N-dealkylation sites (tertiary alicyclic amines) is 1. The molecule has 2 N–H and O–H groups in total. The first-order valence-electron chi connectivity index (χ1n) is 11.1. The van der Waals surface area contributed by atoms with Crippen molar-refractivity contribution in [3.8, 4) is 0 Å². The average Bonchev–Trinajstić information content (AvgIpc) is 3.25. The van der Waals surface area contributed by atoms with Crippen molar-refractivity contribution in [2.45, 2.75) is 26.3 Å². The molecule has 0 radical (unpaired) electrons. The van der Waals surface area contributed by atoms with Gasteiger partial charge < -0.3 is 10.3 Å². The van der Waals surface area contributed by atoms with E-state index in [1.54, 1.807) is 6.20 Å². The number of carbonyl (C=O) groups is 1. The Bertz CT molecular complexity index is 1200. The molecule has 2 aromatic heterocycles. The number of nitrogens with one attached hydrogen (secondary N) is 2. The molecule has 0 bridgehead atoms. The Morgan fingerprint density at radius 1 is 1.10 bits per heavy atom. The summed E-state index contributed by atoms with van der Waals surface area (Å²) < 4.78 is 0. The van der Waals surface area contributed by atoms with Crippen LogP contribution in [0.2, 0.25) is 0 Å². The van der Waals surface area contributed by atoms with Gasteiger partial charge in [-0.05, 0) is 56.5 Å². The van der Waals surface area contributed by atoms with Gasteiger partial charge in [-0.2, -0.15) is 0 Å². The molecule has 1 aliphatic rings. The molecule has 5 heteroatoms. The van der Waals surface area contributed by atoms with Gasteiger partial charge in [0.2, 0.25) is 0 Å². The van der Waals surface area contributed by atoms with Gasteiger partial charge in [0.05, 0.1) is 11.0 Å². The Hall–Kier alpha value is -3.18. The highest BCUT2D eigenvalue weighted by Gasteiger charge is 2.20. The largest absolute Gasteiger partial charge is 0.350 e. The zero-order chi connectivity index (χ0) is 21.2.